The topological polar surface area (TPSA) is 83.0 Å². The molecule has 0 aliphatic heterocycles. The summed E-state index contributed by atoms with van der Waals surface area (Å²) in [5, 5.41) is 9.78. The molecular formula is C10H9N5O. The predicted molar refractivity (Wildman–Crippen MR) is 57.9 cm³/mol. The van der Waals surface area contributed by atoms with Gasteiger partial charge in [0, 0.05) is 0 Å². The number of rotatable bonds is 3. The van der Waals surface area contributed by atoms with E-state index in [1.165, 1.54) is 6.33 Å². The molecule has 1 heterocycles. The van der Waals surface area contributed by atoms with Crippen molar-refractivity contribution in [2.45, 2.75) is 0 Å². The highest BCUT2D eigenvalue weighted by Crippen LogP contribution is 1.93. The van der Waals surface area contributed by atoms with Crippen LogP contribution in [-0.2, 0) is 0 Å². The lowest BCUT2D eigenvalue weighted by Crippen LogP contribution is -2.19. The number of amides is 1. The number of carbonyl (C=O) groups is 1. The molecular weight excluding hydrogens is 206 g/mol. The summed E-state index contributed by atoms with van der Waals surface area (Å²) in [5.41, 5.74) is 3.23. The van der Waals surface area contributed by atoms with E-state index >= 15 is 0 Å². The molecule has 0 unspecified atom stereocenters. The summed E-state index contributed by atoms with van der Waals surface area (Å²) in [6.45, 7) is 0. The molecule has 0 saturated carbocycles. The fourth-order valence-electron chi connectivity index (χ4n) is 1.07. The molecule has 0 radical (unpaired) electrons. The molecule has 2 aromatic rings. The summed E-state index contributed by atoms with van der Waals surface area (Å²) in [7, 11) is 0. The van der Waals surface area contributed by atoms with E-state index in [0.717, 1.165) is 5.56 Å². The lowest BCUT2D eigenvalue weighted by molar-refractivity contribution is 0.0945. The van der Waals surface area contributed by atoms with Crippen LogP contribution in [0.2, 0.25) is 0 Å². The van der Waals surface area contributed by atoms with Gasteiger partial charge in [0.15, 0.2) is 0 Å². The highest BCUT2D eigenvalue weighted by Gasteiger charge is 2.05. The summed E-state index contributed by atoms with van der Waals surface area (Å²) in [6, 6.07) is 9.44. The Balaban J connectivity index is 1.93. The Bertz CT molecular complexity index is 477. The van der Waals surface area contributed by atoms with Crippen molar-refractivity contribution >= 4 is 12.1 Å². The molecule has 1 aromatic carbocycles. The lowest BCUT2D eigenvalue weighted by Gasteiger charge is -1.94. The van der Waals surface area contributed by atoms with E-state index in [-0.39, 0.29) is 5.82 Å². The molecule has 0 aliphatic carbocycles. The maximum absolute atomic E-state index is 11.3. The van der Waals surface area contributed by atoms with Crippen LogP contribution in [0.5, 0.6) is 0 Å². The van der Waals surface area contributed by atoms with E-state index in [0.29, 0.717) is 0 Å². The highest BCUT2D eigenvalue weighted by atomic mass is 16.2. The van der Waals surface area contributed by atoms with Gasteiger partial charge in [0.05, 0.1) is 6.21 Å². The maximum Gasteiger partial charge on any atom is 0.308 e. The normalized spacial score (nSPS) is 10.5. The first kappa shape index (κ1) is 10.0. The first-order valence-electron chi connectivity index (χ1n) is 4.60. The van der Waals surface area contributed by atoms with Crippen LogP contribution in [0.1, 0.15) is 16.2 Å². The molecule has 0 aliphatic rings. The third-order valence-electron chi connectivity index (χ3n) is 1.81. The van der Waals surface area contributed by atoms with E-state index < -0.39 is 5.91 Å². The molecule has 6 heteroatoms. The number of hydrogen-bond donors (Lipinski definition) is 2. The van der Waals surface area contributed by atoms with Gasteiger partial charge in [0.1, 0.15) is 6.33 Å². The molecule has 80 valence electrons. The number of aromatic amines is 1. The van der Waals surface area contributed by atoms with E-state index in [1.807, 2.05) is 30.3 Å². The zero-order valence-corrected chi connectivity index (χ0v) is 8.29. The van der Waals surface area contributed by atoms with Crippen molar-refractivity contribution < 1.29 is 4.79 Å². The fraction of sp³-hybridized carbons (Fsp3) is 0. The van der Waals surface area contributed by atoms with Crippen molar-refractivity contribution in [3.05, 3.63) is 48.0 Å². The van der Waals surface area contributed by atoms with Gasteiger partial charge in [-0.2, -0.15) is 10.2 Å². The summed E-state index contributed by atoms with van der Waals surface area (Å²) < 4.78 is 0. The van der Waals surface area contributed by atoms with Gasteiger partial charge in [0.2, 0.25) is 5.82 Å². The van der Waals surface area contributed by atoms with Crippen molar-refractivity contribution in [2.24, 2.45) is 5.10 Å². The van der Waals surface area contributed by atoms with E-state index in [4.69, 9.17) is 0 Å². The minimum Gasteiger partial charge on any atom is -0.264 e. The number of nitrogens with one attached hydrogen (secondary N) is 2. The quantitative estimate of drug-likeness (QED) is 0.580. The summed E-state index contributed by atoms with van der Waals surface area (Å²) in [5.74, 6) is -0.296. The summed E-state index contributed by atoms with van der Waals surface area (Å²) in [6.07, 6.45) is 2.81. The first-order chi connectivity index (χ1) is 7.86. The summed E-state index contributed by atoms with van der Waals surface area (Å²) >= 11 is 0. The van der Waals surface area contributed by atoms with Gasteiger partial charge in [-0.3, -0.25) is 9.89 Å². The van der Waals surface area contributed by atoms with Crippen LogP contribution in [0.3, 0.4) is 0 Å². The molecule has 0 fully saturated rings. The van der Waals surface area contributed by atoms with Crippen LogP contribution in [0.25, 0.3) is 0 Å². The first-order valence-corrected chi connectivity index (χ1v) is 4.60. The van der Waals surface area contributed by atoms with Crippen LogP contribution < -0.4 is 5.43 Å². The van der Waals surface area contributed by atoms with Crippen LogP contribution in [0.15, 0.2) is 41.8 Å². The van der Waals surface area contributed by atoms with Gasteiger partial charge in [-0.1, -0.05) is 30.3 Å². The number of benzene rings is 1. The molecule has 6 nitrogen and oxygen atoms in total. The molecule has 2 N–H and O–H groups in total. The Hall–Kier alpha value is -2.50. The van der Waals surface area contributed by atoms with E-state index in [9.17, 15) is 4.79 Å². The number of hydrogen-bond acceptors (Lipinski definition) is 4. The molecule has 2 rings (SSSR count). The second-order valence-corrected chi connectivity index (χ2v) is 2.94. The van der Waals surface area contributed by atoms with Gasteiger partial charge < -0.3 is 0 Å². The molecule has 0 saturated heterocycles. The molecule has 1 amide bonds. The maximum atomic E-state index is 11.3. The Kier molecular flexibility index (Phi) is 3.03. The van der Waals surface area contributed by atoms with Gasteiger partial charge in [0.25, 0.3) is 0 Å². The Morgan fingerprint density at radius 2 is 2.19 bits per heavy atom. The molecule has 0 atom stereocenters. The van der Waals surface area contributed by atoms with Crippen LogP contribution in [0, 0.1) is 0 Å². The number of aromatic nitrogens is 3. The Labute approximate surface area is 91.4 Å². The van der Waals surface area contributed by atoms with Crippen LogP contribution in [0.4, 0.5) is 0 Å². The van der Waals surface area contributed by atoms with Crippen LogP contribution in [-0.4, -0.2) is 27.3 Å². The van der Waals surface area contributed by atoms with Gasteiger partial charge in [-0.05, 0) is 5.56 Å². The minimum atomic E-state index is -0.426. The zero-order valence-electron chi connectivity index (χ0n) is 8.29. The molecule has 0 spiro atoms. The number of carbonyl (C=O) groups excluding carboxylic acids is 1. The van der Waals surface area contributed by atoms with Crippen molar-refractivity contribution in [3.8, 4) is 0 Å². The van der Waals surface area contributed by atoms with Crippen molar-refractivity contribution in [2.75, 3.05) is 0 Å². The van der Waals surface area contributed by atoms with Crippen molar-refractivity contribution in [3.63, 3.8) is 0 Å². The second-order valence-electron chi connectivity index (χ2n) is 2.94. The van der Waals surface area contributed by atoms with E-state index in [2.05, 4.69) is 25.7 Å². The predicted octanol–water partition coefficient (Wildman–Crippen LogP) is 0.569. The lowest BCUT2D eigenvalue weighted by atomic mass is 10.2. The monoisotopic (exact) mass is 215 g/mol. The third-order valence-corrected chi connectivity index (χ3v) is 1.81. The van der Waals surface area contributed by atoms with Crippen molar-refractivity contribution in [1.29, 1.82) is 0 Å². The Morgan fingerprint density at radius 1 is 1.38 bits per heavy atom. The standard InChI is InChI=1S/C10H9N5O/c16-10(9-11-7-13-14-9)15-12-6-8-4-2-1-3-5-8/h1-7H,(H,15,16)(H,11,13,14)/b12-6-. The average molecular weight is 215 g/mol. The largest absolute Gasteiger partial charge is 0.308 e. The highest BCUT2D eigenvalue weighted by molar-refractivity contribution is 5.91. The van der Waals surface area contributed by atoms with Gasteiger partial charge >= 0.3 is 5.91 Å². The van der Waals surface area contributed by atoms with Gasteiger partial charge in [-0.15, -0.1) is 0 Å². The Morgan fingerprint density at radius 3 is 2.88 bits per heavy atom. The third kappa shape index (κ3) is 2.50. The molecule has 16 heavy (non-hydrogen) atoms. The number of nitrogens with zero attached hydrogens (tertiary/aromatic N) is 3. The SMILES string of the molecule is O=C(N/N=C\c1ccccc1)c1ncn[nH]1. The smallest absolute Gasteiger partial charge is 0.264 e. The fourth-order valence-corrected chi connectivity index (χ4v) is 1.07. The van der Waals surface area contributed by atoms with Crippen LogP contribution >= 0.6 is 0 Å². The van der Waals surface area contributed by atoms with Gasteiger partial charge in [-0.25, -0.2) is 10.4 Å². The van der Waals surface area contributed by atoms with E-state index in [1.54, 1.807) is 6.21 Å². The molecule has 0 bridgehead atoms. The minimum absolute atomic E-state index is 0.130. The number of hydrazone groups is 1. The molecule has 1 aromatic heterocycles. The second kappa shape index (κ2) is 4.83. The average Bonchev–Trinajstić information content (AvgIpc) is 2.84. The zero-order chi connectivity index (χ0) is 11.2. The number of H-pyrrole nitrogens is 1. The van der Waals surface area contributed by atoms with Crippen molar-refractivity contribution in [1.82, 2.24) is 20.6 Å². The summed E-state index contributed by atoms with van der Waals surface area (Å²) in [4.78, 5) is 15.0.